The molecule has 1 heterocycles. The first-order valence-electron chi connectivity index (χ1n) is 5.20. The van der Waals surface area contributed by atoms with E-state index in [0.717, 1.165) is 0 Å². The van der Waals surface area contributed by atoms with Gasteiger partial charge in [-0.15, -0.1) is 11.3 Å². The molecule has 2 rings (SSSR count). The van der Waals surface area contributed by atoms with Gasteiger partial charge in [-0.2, -0.15) is 0 Å². The average Bonchev–Trinajstić information content (AvgIpc) is 2.63. The predicted octanol–water partition coefficient (Wildman–Crippen LogP) is 4.89. The van der Waals surface area contributed by atoms with Gasteiger partial charge in [-0.1, -0.05) is 11.6 Å². The monoisotopic (exact) mass is 369 g/mol. The second kappa shape index (κ2) is 5.83. The molecule has 0 aliphatic carbocycles. The summed E-state index contributed by atoms with van der Waals surface area (Å²) in [7, 11) is 1.56. The second-order valence-corrected chi connectivity index (χ2v) is 6.32. The van der Waals surface area contributed by atoms with Gasteiger partial charge in [0.2, 0.25) is 0 Å². The third-order valence-electron chi connectivity index (χ3n) is 2.57. The maximum absolute atomic E-state index is 13.8. The Hall–Kier alpha value is -0.560. The zero-order valence-corrected chi connectivity index (χ0v) is 12.8. The summed E-state index contributed by atoms with van der Waals surface area (Å²) in [6, 6.07) is 2.27. The van der Waals surface area contributed by atoms with Crippen LogP contribution < -0.4 is 5.32 Å². The van der Waals surface area contributed by atoms with Crippen molar-refractivity contribution in [1.29, 1.82) is 0 Å². The quantitative estimate of drug-likeness (QED) is 0.811. The molecule has 1 aromatic heterocycles. The van der Waals surface area contributed by atoms with Gasteiger partial charge in [-0.3, -0.25) is 0 Å². The minimum Gasteiger partial charge on any atom is -0.308 e. The van der Waals surface area contributed by atoms with Gasteiger partial charge < -0.3 is 5.32 Å². The maximum Gasteiger partial charge on any atom is 0.134 e. The van der Waals surface area contributed by atoms with Gasteiger partial charge in [0, 0.05) is 27.0 Å². The number of benzene rings is 1. The van der Waals surface area contributed by atoms with Crippen LogP contribution in [0.2, 0.25) is 4.34 Å². The molecule has 7 heteroatoms. The fourth-order valence-corrected chi connectivity index (χ4v) is 3.62. The minimum atomic E-state index is -0.945. The van der Waals surface area contributed by atoms with Crippen LogP contribution in [0.4, 0.5) is 13.2 Å². The van der Waals surface area contributed by atoms with Crippen molar-refractivity contribution in [2.24, 2.45) is 0 Å². The van der Waals surface area contributed by atoms with Crippen molar-refractivity contribution in [3.63, 3.8) is 0 Å². The van der Waals surface area contributed by atoms with Gasteiger partial charge in [0.25, 0.3) is 0 Å². The van der Waals surface area contributed by atoms with Crippen LogP contribution in [-0.2, 0) is 0 Å². The Morgan fingerprint density at radius 2 is 1.79 bits per heavy atom. The highest BCUT2D eigenvalue weighted by Crippen LogP contribution is 2.38. The summed E-state index contributed by atoms with van der Waals surface area (Å²) in [5.74, 6) is -2.81. The number of hydrogen-bond donors (Lipinski definition) is 1. The van der Waals surface area contributed by atoms with Gasteiger partial charge in [-0.05, 0) is 29.0 Å². The van der Waals surface area contributed by atoms with Gasteiger partial charge in [0.1, 0.15) is 21.8 Å². The molecule has 0 fully saturated rings. The topological polar surface area (TPSA) is 12.0 Å². The molecule has 2 aromatic rings. The molecule has 0 saturated carbocycles. The maximum atomic E-state index is 13.8. The molecule has 1 nitrogen and oxygen atoms in total. The molecule has 1 atom stereocenters. The first-order chi connectivity index (χ1) is 8.93. The summed E-state index contributed by atoms with van der Waals surface area (Å²) in [5, 5.41) is 2.80. The molecule has 0 amide bonds. The lowest BCUT2D eigenvalue weighted by molar-refractivity contribution is 0.502. The van der Waals surface area contributed by atoms with Crippen molar-refractivity contribution in [1.82, 2.24) is 5.32 Å². The molecule has 0 aliphatic heterocycles. The van der Waals surface area contributed by atoms with Crippen molar-refractivity contribution < 1.29 is 13.2 Å². The third-order valence-corrected chi connectivity index (χ3v) is 5.11. The van der Waals surface area contributed by atoms with E-state index in [4.69, 9.17) is 11.6 Å². The van der Waals surface area contributed by atoms with Crippen LogP contribution in [-0.4, -0.2) is 7.05 Å². The lowest BCUT2D eigenvalue weighted by Gasteiger charge is -2.16. The highest BCUT2D eigenvalue weighted by atomic mass is 79.9. The standard InChI is InChI=1S/C12H8BrClF3NS/c1-18-11(9-4-6(13)12(14)19-9)10-7(16)2-5(15)3-8(10)17/h2-4,11,18H,1H3. The summed E-state index contributed by atoms with van der Waals surface area (Å²) >= 11 is 10.3. The zero-order valence-electron chi connectivity index (χ0n) is 9.61. The molecule has 1 unspecified atom stereocenters. The Labute approximate surface area is 125 Å². The second-order valence-electron chi connectivity index (χ2n) is 3.78. The summed E-state index contributed by atoms with van der Waals surface area (Å²) in [4.78, 5) is 0.629. The Morgan fingerprint density at radius 1 is 1.21 bits per heavy atom. The van der Waals surface area contributed by atoms with Gasteiger partial charge in [0.15, 0.2) is 0 Å². The van der Waals surface area contributed by atoms with Crippen molar-refractivity contribution in [3.8, 4) is 0 Å². The highest BCUT2D eigenvalue weighted by Gasteiger charge is 2.24. The molecule has 0 bridgehead atoms. The first kappa shape index (κ1) is 14.8. The molecule has 1 N–H and O–H groups in total. The van der Waals surface area contributed by atoms with E-state index < -0.39 is 23.5 Å². The summed E-state index contributed by atoms with van der Waals surface area (Å²) < 4.78 is 41.6. The SMILES string of the molecule is CNC(c1cc(Br)c(Cl)s1)c1c(F)cc(F)cc1F. The molecule has 0 aliphatic rings. The number of hydrogen-bond acceptors (Lipinski definition) is 2. The van der Waals surface area contributed by atoms with Crippen LogP contribution in [0.1, 0.15) is 16.5 Å². The van der Waals surface area contributed by atoms with Crippen LogP contribution in [0.15, 0.2) is 22.7 Å². The Kier molecular flexibility index (Phi) is 4.55. The molecule has 0 spiro atoms. The molecule has 102 valence electrons. The van der Waals surface area contributed by atoms with Crippen LogP contribution in [0.5, 0.6) is 0 Å². The van der Waals surface area contributed by atoms with Crippen LogP contribution >= 0.6 is 38.9 Å². The molecule has 0 radical (unpaired) electrons. The number of thiophene rings is 1. The predicted molar refractivity (Wildman–Crippen MR) is 74.2 cm³/mol. The first-order valence-corrected chi connectivity index (χ1v) is 7.19. The molecular weight excluding hydrogens is 363 g/mol. The minimum absolute atomic E-state index is 0.227. The van der Waals surface area contributed by atoms with Gasteiger partial charge >= 0.3 is 0 Å². The largest absolute Gasteiger partial charge is 0.308 e. The van der Waals surface area contributed by atoms with Crippen LogP contribution in [0, 0.1) is 17.5 Å². The lowest BCUT2D eigenvalue weighted by atomic mass is 10.0. The number of halogens is 5. The van der Waals surface area contributed by atoms with E-state index in [2.05, 4.69) is 21.2 Å². The summed E-state index contributed by atoms with van der Waals surface area (Å²) in [5.41, 5.74) is -0.227. The van der Waals surface area contributed by atoms with Crippen molar-refractivity contribution in [2.75, 3.05) is 7.05 Å². The van der Waals surface area contributed by atoms with Crippen molar-refractivity contribution in [3.05, 3.63) is 54.9 Å². The molecular formula is C12H8BrClF3NS. The molecule has 0 saturated heterocycles. The third kappa shape index (κ3) is 2.97. The van der Waals surface area contributed by atoms with Crippen molar-refractivity contribution in [2.45, 2.75) is 6.04 Å². The molecule has 19 heavy (non-hydrogen) atoms. The summed E-state index contributed by atoms with van der Waals surface area (Å²) in [6.07, 6.45) is 0. The average molecular weight is 371 g/mol. The van der Waals surface area contributed by atoms with E-state index in [0.29, 0.717) is 25.8 Å². The van der Waals surface area contributed by atoms with E-state index in [1.54, 1.807) is 13.1 Å². The van der Waals surface area contributed by atoms with Gasteiger partial charge in [0.05, 0.1) is 6.04 Å². The zero-order chi connectivity index (χ0) is 14.2. The molecule has 1 aromatic carbocycles. The van der Waals surface area contributed by atoms with E-state index >= 15 is 0 Å². The van der Waals surface area contributed by atoms with Crippen molar-refractivity contribution >= 4 is 38.9 Å². The normalized spacial score (nSPS) is 12.7. The fourth-order valence-electron chi connectivity index (χ4n) is 1.76. The van der Waals surface area contributed by atoms with E-state index in [1.807, 2.05) is 0 Å². The highest BCUT2D eigenvalue weighted by molar-refractivity contribution is 9.10. The smallest absolute Gasteiger partial charge is 0.134 e. The van der Waals surface area contributed by atoms with E-state index in [-0.39, 0.29) is 5.56 Å². The van der Waals surface area contributed by atoms with Gasteiger partial charge in [-0.25, -0.2) is 13.2 Å². The van der Waals surface area contributed by atoms with E-state index in [9.17, 15) is 13.2 Å². The Bertz CT molecular complexity index is 575. The number of rotatable bonds is 3. The Balaban J connectivity index is 2.54. The summed E-state index contributed by atoms with van der Waals surface area (Å²) in [6.45, 7) is 0. The van der Waals surface area contributed by atoms with Crippen LogP contribution in [0.25, 0.3) is 0 Å². The van der Waals surface area contributed by atoms with E-state index in [1.165, 1.54) is 11.3 Å². The lowest BCUT2D eigenvalue weighted by Crippen LogP contribution is -2.19. The Morgan fingerprint density at radius 3 is 2.21 bits per heavy atom. The fraction of sp³-hybridized carbons (Fsp3) is 0.167. The van der Waals surface area contributed by atoms with Crippen LogP contribution in [0.3, 0.4) is 0 Å². The number of nitrogens with one attached hydrogen (secondary N) is 1.